The number of rotatable bonds is 3. The van der Waals surface area contributed by atoms with Crippen LogP contribution >= 0.6 is 0 Å². The maximum absolute atomic E-state index is 10.2. The summed E-state index contributed by atoms with van der Waals surface area (Å²) in [5.41, 5.74) is -0.0160. The summed E-state index contributed by atoms with van der Waals surface area (Å²) in [6.45, 7) is 16.1. The van der Waals surface area contributed by atoms with Crippen molar-refractivity contribution in [2.75, 3.05) is 26.3 Å². The number of ether oxygens (including phenoxy) is 1. The summed E-state index contributed by atoms with van der Waals surface area (Å²) < 4.78 is 6.19. The number of hydrogen-bond acceptors (Lipinski definition) is 3. The van der Waals surface area contributed by atoms with Crippen molar-refractivity contribution in [2.24, 2.45) is 10.8 Å². The summed E-state index contributed by atoms with van der Waals surface area (Å²) in [6.07, 6.45) is 6.50. The highest BCUT2D eigenvalue weighted by Gasteiger charge is 2.59. The third-order valence-corrected chi connectivity index (χ3v) is 5.33. The predicted molar refractivity (Wildman–Crippen MR) is 87.4 cm³/mol. The Bertz CT molecular complexity index is 404. The minimum absolute atomic E-state index is 0.0387. The standard InChI is InChI=1S/C18H33NO2/c1-15(2,3)19-11-17(13-20)9-7-8-10-18(17,12-19)14-21-16(4,5)6/h7-8,20H,9-14H2,1-6H3. The molecule has 2 rings (SSSR count). The van der Waals surface area contributed by atoms with E-state index in [2.05, 4.69) is 58.6 Å². The van der Waals surface area contributed by atoms with E-state index in [1.807, 2.05) is 0 Å². The Labute approximate surface area is 130 Å². The van der Waals surface area contributed by atoms with Crippen LogP contribution in [0.2, 0.25) is 0 Å². The van der Waals surface area contributed by atoms with Crippen molar-refractivity contribution in [3.63, 3.8) is 0 Å². The van der Waals surface area contributed by atoms with Gasteiger partial charge in [0.15, 0.2) is 0 Å². The second-order valence-electron chi connectivity index (χ2n) is 9.03. The van der Waals surface area contributed by atoms with Crippen molar-refractivity contribution in [3.8, 4) is 0 Å². The van der Waals surface area contributed by atoms with Gasteiger partial charge in [0.1, 0.15) is 0 Å². The largest absolute Gasteiger partial charge is 0.396 e. The van der Waals surface area contributed by atoms with Crippen molar-refractivity contribution in [1.29, 1.82) is 0 Å². The summed E-state index contributed by atoms with van der Waals surface area (Å²) in [4.78, 5) is 2.53. The van der Waals surface area contributed by atoms with Gasteiger partial charge >= 0.3 is 0 Å². The molecule has 0 amide bonds. The first-order valence-electron chi connectivity index (χ1n) is 8.19. The SMILES string of the molecule is CC(C)(C)OCC12CC=CCC1(CO)CN(C(C)(C)C)C2. The Morgan fingerprint density at radius 3 is 2.00 bits per heavy atom. The van der Waals surface area contributed by atoms with E-state index in [0.717, 1.165) is 32.5 Å². The highest BCUT2D eigenvalue weighted by atomic mass is 16.5. The third kappa shape index (κ3) is 3.20. The Kier molecular flexibility index (Phi) is 4.34. The Morgan fingerprint density at radius 1 is 1.00 bits per heavy atom. The van der Waals surface area contributed by atoms with Gasteiger partial charge in [-0.2, -0.15) is 0 Å². The molecule has 3 heteroatoms. The molecule has 0 aromatic heterocycles. The molecule has 1 aliphatic carbocycles. The fourth-order valence-corrected chi connectivity index (χ4v) is 3.67. The molecule has 0 radical (unpaired) electrons. The zero-order valence-electron chi connectivity index (χ0n) is 14.7. The molecule has 0 aromatic rings. The number of aliphatic hydroxyl groups excluding tert-OH is 1. The smallest absolute Gasteiger partial charge is 0.0598 e. The van der Waals surface area contributed by atoms with E-state index >= 15 is 0 Å². The summed E-state index contributed by atoms with van der Waals surface area (Å²) in [7, 11) is 0. The highest BCUT2D eigenvalue weighted by Crippen LogP contribution is 2.55. The molecule has 1 fully saturated rings. The molecule has 1 heterocycles. The molecule has 1 N–H and O–H groups in total. The zero-order valence-corrected chi connectivity index (χ0v) is 14.7. The lowest BCUT2D eigenvalue weighted by Crippen LogP contribution is -2.49. The monoisotopic (exact) mass is 295 g/mol. The van der Waals surface area contributed by atoms with Crippen molar-refractivity contribution in [1.82, 2.24) is 4.90 Å². The molecule has 1 aliphatic heterocycles. The Hall–Kier alpha value is -0.380. The molecule has 2 aliphatic rings. The van der Waals surface area contributed by atoms with Gasteiger partial charge in [0.25, 0.3) is 0 Å². The number of allylic oxidation sites excluding steroid dienone is 2. The van der Waals surface area contributed by atoms with Crippen molar-refractivity contribution in [3.05, 3.63) is 12.2 Å². The zero-order chi connectivity index (χ0) is 15.9. The minimum Gasteiger partial charge on any atom is -0.396 e. The minimum atomic E-state index is -0.133. The van der Waals surface area contributed by atoms with Gasteiger partial charge in [-0.05, 0) is 54.4 Å². The number of nitrogens with zero attached hydrogens (tertiary/aromatic N) is 1. The van der Waals surface area contributed by atoms with Gasteiger partial charge in [-0.15, -0.1) is 0 Å². The second kappa shape index (κ2) is 5.36. The molecule has 0 bridgehead atoms. The van der Waals surface area contributed by atoms with E-state index in [1.54, 1.807) is 0 Å². The highest BCUT2D eigenvalue weighted by molar-refractivity contribution is 5.16. The molecule has 21 heavy (non-hydrogen) atoms. The van der Waals surface area contributed by atoms with E-state index in [9.17, 15) is 5.11 Å². The molecule has 0 aromatic carbocycles. The third-order valence-electron chi connectivity index (χ3n) is 5.33. The molecule has 2 unspecified atom stereocenters. The van der Waals surface area contributed by atoms with E-state index < -0.39 is 0 Å². The van der Waals surface area contributed by atoms with Gasteiger partial charge in [0.2, 0.25) is 0 Å². The van der Waals surface area contributed by atoms with Crippen LogP contribution in [0, 0.1) is 10.8 Å². The molecule has 2 atom stereocenters. The number of fused-ring (bicyclic) bond motifs is 1. The van der Waals surface area contributed by atoms with Crippen LogP contribution in [0.5, 0.6) is 0 Å². The first kappa shape index (κ1) is 17.0. The van der Waals surface area contributed by atoms with Crippen molar-refractivity contribution >= 4 is 0 Å². The molecular formula is C18H33NO2. The number of likely N-dealkylation sites (tertiary alicyclic amines) is 1. The second-order valence-corrected chi connectivity index (χ2v) is 9.03. The van der Waals surface area contributed by atoms with Crippen molar-refractivity contribution < 1.29 is 9.84 Å². The summed E-state index contributed by atoms with van der Waals surface area (Å²) >= 11 is 0. The average Bonchev–Trinajstić information content (AvgIpc) is 2.71. The van der Waals surface area contributed by atoms with Gasteiger partial charge < -0.3 is 9.84 Å². The maximum atomic E-state index is 10.2. The van der Waals surface area contributed by atoms with Crippen molar-refractivity contribution in [2.45, 2.75) is 65.5 Å². The lowest BCUT2D eigenvalue weighted by molar-refractivity contribution is -0.0960. The lowest BCUT2D eigenvalue weighted by atomic mass is 9.60. The molecule has 1 saturated heterocycles. The fourth-order valence-electron chi connectivity index (χ4n) is 3.67. The van der Waals surface area contributed by atoms with Gasteiger partial charge in [0.05, 0.1) is 18.8 Å². The first-order chi connectivity index (χ1) is 9.54. The van der Waals surface area contributed by atoms with Crippen LogP contribution < -0.4 is 0 Å². The van der Waals surface area contributed by atoms with E-state index in [4.69, 9.17) is 4.74 Å². The summed E-state index contributed by atoms with van der Waals surface area (Å²) in [5.74, 6) is 0. The normalized spacial score (nSPS) is 34.2. The molecule has 0 spiro atoms. The Morgan fingerprint density at radius 2 is 1.52 bits per heavy atom. The summed E-state index contributed by atoms with van der Waals surface area (Å²) in [5, 5.41) is 10.2. The fraction of sp³-hybridized carbons (Fsp3) is 0.889. The topological polar surface area (TPSA) is 32.7 Å². The lowest BCUT2D eigenvalue weighted by Gasteiger charge is -2.46. The number of hydrogen-bond donors (Lipinski definition) is 1. The van der Waals surface area contributed by atoms with Gasteiger partial charge in [-0.1, -0.05) is 12.2 Å². The van der Waals surface area contributed by atoms with Crippen LogP contribution in [0.4, 0.5) is 0 Å². The van der Waals surface area contributed by atoms with Crippen LogP contribution in [0.15, 0.2) is 12.2 Å². The van der Waals surface area contributed by atoms with Gasteiger partial charge in [-0.25, -0.2) is 0 Å². The van der Waals surface area contributed by atoms with Gasteiger partial charge in [0, 0.05) is 29.5 Å². The van der Waals surface area contributed by atoms with Crippen LogP contribution in [-0.4, -0.2) is 47.4 Å². The van der Waals surface area contributed by atoms with E-state index in [0.29, 0.717) is 0 Å². The molecule has 0 saturated carbocycles. The van der Waals surface area contributed by atoms with Crippen LogP contribution in [0.1, 0.15) is 54.4 Å². The first-order valence-corrected chi connectivity index (χ1v) is 8.19. The molecular weight excluding hydrogens is 262 g/mol. The van der Waals surface area contributed by atoms with Crippen LogP contribution in [-0.2, 0) is 4.74 Å². The molecule has 122 valence electrons. The quantitative estimate of drug-likeness (QED) is 0.811. The van der Waals surface area contributed by atoms with E-state index in [-0.39, 0.29) is 28.6 Å². The maximum Gasteiger partial charge on any atom is 0.0598 e. The number of aliphatic hydroxyl groups is 1. The average molecular weight is 295 g/mol. The predicted octanol–water partition coefficient (Wildman–Crippen LogP) is 3.23. The van der Waals surface area contributed by atoms with E-state index in [1.165, 1.54) is 0 Å². The Balaban J connectivity index is 2.30. The summed E-state index contributed by atoms with van der Waals surface area (Å²) in [6, 6.07) is 0. The van der Waals surface area contributed by atoms with Crippen LogP contribution in [0.25, 0.3) is 0 Å². The molecule has 3 nitrogen and oxygen atoms in total. The van der Waals surface area contributed by atoms with Gasteiger partial charge in [-0.3, -0.25) is 4.90 Å². The van der Waals surface area contributed by atoms with Crippen LogP contribution in [0.3, 0.4) is 0 Å².